The lowest BCUT2D eigenvalue weighted by Crippen LogP contribution is -2.44. The molecule has 4 aliphatic rings. The molecular weight excluding hydrogens is 388 g/mol. The van der Waals surface area contributed by atoms with Gasteiger partial charge < -0.3 is 14.7 Å². The molecule has 0 spiro atoms. The lowest BCUT2D eigenvalue weighted by atomic mass is 9.94. The molecule has 0 unspecified atom stereocenters. The van der Waals surface area contributed by atoms with E-state index >= 15 is 0 Å². The van der Waals surface area contributed by atoms with Crippen LogP contribution in [0.1, 0.15) is 59.6 Å². The van der Waals surface area contributed by atoms with E-state index in [0.29, 0.717) is 12.0 Å². The van der Waals surface area contributed by atoms with Gasteiger partial charge in [-0.05, 0) is 68.4 Å². The van der Waals surface area contributed by atoms with Gasteiger partial charge in [0.25, 0.3) is 5.91 Å². The number of benzene rings is 1. The van der Waals surface area contributed by atoms with Crippen LogP contribution in [0.15, 0.2) is 30.5 Å². The Bertz CT molecular complexity index is 1090. The molecule has 1 aromatic carbocycles. The standard InChI is InChI=1S/C24H26N6O/c1-28(22-13-18-5-7-21(22)30(18)14-25)23(31)17-4-6-20-16(12-17)9-11-29(20)24-26-10-8-19(27-24)15-2-3-15/h4,6,8,10,12,15,18,21-22H,2-3,5,7,9,11,13H2,1H3/t18-,21+,22+/m0/s1. The predicted octanol–water partition coefficient (Wildman–Crippen LogP) is 3.21. The number of amides is 1. The van der Waals surface area contributed by atoms with Gasteiger partial charge in [-0.1, -0.05) is 0 Å². The fourth-order valence-electron chi connectivity index (χ4n) is 5.72. The smallest absolute Gasteiger partial charge is 0.253 e. The molecule has 7 nitrogen and oxygen atoms in total. The van der Waals surface area contributed by atoms with E-state index in [-0.39, 0.29) is 18.0 Å². The Morgan fingerprint density at radius 3 is 2.87 bits per heavy atom. The maximum Gasteiger partial charge on any atom is 0.253 e. The van der Waals surface area contributed by atoms with E-state index in [1.54, 1.807) is 0 Å². The number of fused-ring (bicyclic) bond motifs is 3. The molecule has 6 rings (SSSR count). The Morgan fingerprint density at radius 2 is 2.10 bits per heavy atom. The van der Waals surface area contributed by atoms with Gasteiger partial charge in [-0.3, -0.25) is 4.79 Å². The zero-order chi connectivity index (χ0) is 21.1. The van der Waals surface area contributed by atoms with Gasteiger partial charge in [0.2, 0.25) is 5.95 Å². The first-order valence-corrected chi connectivity index (χ1v) is 11.3. The van der Waals surface area contributed by atoms with Gasteiger partial charge >= 0.3 is 0 Å². The van der Waals surface area contributed by atoms with Crippen molar-refractivity contribution in [2.45, 2.75) is 62.6 Å². The molecule has 2 bridgehead atoms. The van der Waals surface area contributed by atoms with Crippen LogP contribution < -0.4 is 4.90 Å². The molecule has 1 aromatic heterocycles. The second-order valence-electron chi connectivity index (χ2n) is 9.33. The largest absolute Gasteiger partial charge is 0.337 e. The van der Waals surface area contributed by atoms with E-state index in [1.807, 2.05) is 47.3 Å². The lowest BCUT2D eigenvalue weighted by molar-refractivity contribution is 0.0699. The molecular formula is C24H26N6O. The predicted molar refractivity (Wildman–Crippen MR) is 116 cm³/mol. The molecule has 0 radical (unpaired) electrons. The Kier molecular flexibility index (Phi) is 4.17. The molecule has 1 aliphatic carbocycles. The molecule has 1 amide bonds. The van der Waals surface area contributed by atoms with Crippen molar-refractivity contribution in [1.29, 1.82) is 5.26 Å². The molecule has 3 fully saturated rings. The van der Waals surface area contributed by atoms with Crippen LogP contribution in [-0.2, 0) is 6.42 Å². The summed E-state index contributed by atoms with van der Waals surface area (Å²) in [4.78, 5) is 28.5. The van der Waals surface area contributed by atoms with E-state index in [0.717, 1.165) is 55.1 Å². The van der Waals surface area contributed by atoms with Gasteiger partial charge in [0.05, 0.1) is 12.1 Å². The van der Waals surface area contributed by atoms with Crippen LogP contribution in [0, 0.1) is 11.5 Å². The zero-order valence-electron chi connectivity index (χ0n) is 17.7. The molecule has 0 N–H and O–H groups in total. The number of hydrogen-bond donors (Lipinski definition) is 0. The summed E-state index contributed by atoms with van der Waals surface area (Å²) in [6.45, 7) is 0.834. The highest BCUT2D eigenvalue weighted by Crippen LogP contribution is 2.41. The summed E-state index contributed by atoms with van der Waals surface area (Å²) in [6.07, 6.45) is 10.5. The highest BCUT2D eigenvalue weighted by molar-refractivity contribution is 5.95. The van der Waals surface area contributed by atoms with Crippen LogP contribution >= 0.6 is 0 Å². The maximum atomic E-state index is 13.3. The second-order valence-corrected chi connectivity index (χ2v) is 9.33. The monoisotopic (exact) mass is 414 g/mol. The SMILES string of the molecule is CN(C(=O)c1ccc2c(c1)CCN2c1nccc(C2CC2)n1)[C@@H]1C[C@@H]2CC[C@H]1N2C#N. The van der Waals surface area contributed by atoms with Crippen molar-refractivity contribution in [3.63, 3.8) is 0 Å². The van der Waals surface area contributed by atoms with Crippen LogP contribution in [0.25, 0.3) is 0 Å². The van der Waals surface area contributed by atoms with Crippen LogP contribution in [0.2, 0.25) is 0 Å². The lowest BCUT2D eigenvalue weighted by Gasteiger charge is -2.30. The van der Waals surface area contributed by atoms with E-state index in [9.17, 15) is 10.1 Å². The topological polar surface area (TPSA) is 76.4 Å². The molecule has 4 heterocycles. The van der Waals surface area contributed by atoms with Crippen molar-refractivity contribution < 1.29 is 4.79 Å². The highest BCUT2D eigenvalue weighted by Gasteiger charge is 2.48. The van der Waals surface area contributed by atoms with E-state index in [1.165, 1.54) is 18.4 Å². The molecule has 3 atom stereocenters. The number of carbonyl (C=O) groups excluding carboxylic acids is 1. The van der Waals surface area contributed by atoms with E-state index < -0.39 is 0 Å². The number of carbonyl (C=O) groups is 1. The van der Waals surface area contributed by atoms with E-state index in [4.69, 9.17) is 4.98 Å². The first-order valence-electron chi connectivity index (χ1n) is 11.3. The molecule has 3 aliphatic heterocycles. The third-order valence-corrected chi connectivity index (χ3v) is 7.56. The Morgan fingerprint density at radius 1 is 1.23 bits per heavy atom. The average molecular weight is 415 g/mol. The minimum Gasteiger partial charge on any atom is -0.337 e. The number of likely N-dealkylation sites (N-methyl/N-ethyl adjacent to an activating group) is 1. The molecule has 1 saturated carbocycles. The van der Waals surface area contributed by atoms with Gasteiger partial charge in [0.15, 0.2) is 6.19 Å². The van der Waals surface area contributed by atoms with Gasteiger partial charge in [-0.2, -0.15) is 5.26 Å². The number of anilines is 2. The number of nitriles is 1. The molecule has 158 valence electrons. The minimum absolute atomic E-state index is 0.0451. The summed E-state index contributed by atoms with van der Waals surface area (Å²) >= 11 is 0. The summed E-state index contributed by atoms with van der Waals surface area (Å²) in [5.74, 6) is 1.41. The molecule has 2 aromatic rings. The van der Waals surface area contributed by atoms with E-state index in [2.05, 4.69) is 16.1 Å². The highest BCUT2D eigenvalue weighted by atomic mass is 16.2. The summed E-state index contributed by atoms with van der Waals surface area (Å²) in [6, 6.07) is 8.62. The molecule has 31 heavy (non-hydrogen) atoms. The van der Waals surface area contributed by atoms with Gasteiger partial charge in [0, 0.05) is 48.7 Å². The normalized spacial score (nSPS) is 26.1. The number of nitrogens with zero attached hydrogens (tertiary/aromatic N) is 6. The molecule has 2 saturated heterocycles. The average Bonchev–Trinajstić information content (AvgIpc) is 3.33. The summed E-state index contributed by atoms with van der Waals surface area (Å²) < 4.78 is 0. The maximum absolute atomic E-state index is 13.3. The Labute approximate surface area is 182 Å². The van der Waals surface area contributed by atoms with Crippen LogP contribution in [0.3, 0.4) is 0 Å². The fourth-order valence-corrected chi connectivity index (χ4v) is 5.72. The summed E-state index contributed by atoms with van der Waals surface area (Å²) in [5.41, 5.74) is 4.14. The summed E-state index contributed by atoms with van der Waals surface area (Å²) in [7, 11) is 1.89. The zero-order valence-corrected chi connectivity index (χ0v) is 17.7. The van der Waals surface area contributed by atoms with Gasteiger partial charge in [-0.15, -0.1) is 0 Å². The van der Waals surface area contributed by atoms with Crippen molar-refractivity contribution in [2.24, 2.45) is 0 Å². The fraction of sp³-hybridized carbons (Fsp3) is 0.500. The second kappa shape index (κ2) is 6.94. The third-order valence-electron chi connectivity index (χ3n) is 7.56. The first-order chi connectivity index (χ1) is 15.1. The quantitative estimate of drug-likeness (QED) is 0.715. The van der Waals surface area contributed by atoms with Gasteiger partial charge in [0.1, 0.15) is 0 Å². The molecule has 7 heteroatoms. The van der Waals surface area contributed by atoms with Crippen LogP contribution in [0.5, 0.6) is 0 Å². The van der Waals surface area contributed by atoms with Crippen molar-refractivity contribution in [3.8, 4) is 6.19 Å². The first kappa shape index (κ1) is 18.6. The third kappa shape index (κ3) is 2.96. The van der Waals surface area contributed by atoms with Crippen LogP contribution in [0.4, 0.5) is 11.6 Å². The number of aromatic nitrogens is 2. The van der Waals surface area contributed by atoms with Crippen molar-refractivity contribution in [1.82, 2.24) is 19.8 Å². The minimum atomic E-state index is 0.0451. The Balaban J connectivity index is 1.22. The van der Waals surface area contributed by atoms with Crippen LogP contribution in [-0.4, -0.2) is 57.4 Å². The van der Waals surface area contributed by atoms with Crippen molar-refractivity contribution in [2.75, 3.05) is 18.5 Å². The number of hydrogen-bond acceptors (Lipinski definition) is 6. The Hall–Kier alpha value is -3.14. The van der Waals surface area contributed by atoms with Crippen molar-refractivity contribution >= 4 is 17.5 Å². The number of rotatable bonds is 4. The van der Waals surface area contributed by atoms with Gasteiger partial charge in [-0.25, -0.2) is 9.97 Å². The summed E-state index contributed by atoms with van der Waals surface area (Å²) in [5, 5.41) is 9.44. The van der Waals surface area contributed by atoms with Crippen molar-refractivity contribution in [3.05, 3.63) is 47.3 Å².